The van der Waals surface area contributed by atoms with E-state index in [1.54, 1.807) is 6.26 Å². The fraction of sp³-hybridized carbons (Fsp3) is 0.500. The smallest absolute Gasteiger partial charge is 0.123 e. The predicted octanol–water partition coefficient (Wildman–Crippen LogP) is 0.0510. The minimum atomic E-state index is 0.152. The molecule has 0 saturated heterocycles. The van der Waals surface area contributed by atoms with E-state index >= 15 is 0 Å². The van der Waals surface area contributed by atoms with Gasteiger partial charge in [-0.1, -0.05) is 7.74 Å². The van der Waals surface area contributed by atoms with Crippen molar-refractivity contribution in [2.24, 2.45) is 5.73 Å². The standard InChI is InChI=1S/C8H11NO.B2H3/c9-7-3-1-2-6-4-5-10-8(6)7;1-2/h4-5,7H,1-3,9H2;1H3/q;-1. The molecule has 2 nitrogen and oxygen atoms in total. The van der Waals surface area contributed by atoms with Crippen molar-refractivity contribution in [2.45, 2.75) is 25.3 Å². The summed E-state index contributed by atoms with van der Waals surface area (Å²) in [4.78, 5) is 0. The first-order valence-corrected chi connectivity index (χ1v) is 3.70. The van der Waals surface area contributed by atoms with E-state index in [1.807, 2.05) is 6.07 Å². The van der Waals surface area contributed by atoms with Crippen LogP contribution in [0.1, 0.15) is 30.2 Å². The van der Waals surface area contributed by atoms with Crippen molar-refractivity contribution in [1.82, 2.24) is 0 Å². The number of aryl methyl sites for hydroxylation is 1. The number of hydrogen-bond donors (Lipinski definition) is 1. The van der Waals surface area contributed by atoms with E-state index in [9.17, 15) is 0 Å². The van der Waals surface area contributed by atoms with Crippen LogP contribution in [0.3, 0.4) is 0 Å². The molecule has 12 heavy (non-hydrogen) atoms. The average Bonchev–Trinajstić information content (AvgIpc) is 2.57. The Bertz CT molecular complexity index is 237. The topological polar surface area (TPSA) is 39.2 Å². The Morgan fingerprint density at radius 3 is 3.00 bits per heavy atom. The lowest BCUT2D eigenvalue weighted by Crippen LogP contribution is -2.15. The van der Waals surface area contributed by atoms with Crippen LogP contribution in [0.25, 0.3) is 0 Å². The third kappa shape index (κ3) is 1.75. The average molecular weight is 162 g/mol. The van der Waals surface area contributed by atoms with Gasteiger partial charge in [0, 0.05) is 0 Å². The number of fused-ring (bicyclic) bond motifs is 1. The number of nitrogens with two attached hydrogens (primary N) is 1. The van der Waals surface area contributed by atoms with E-state index in [2.05, 4.69) is 0 Å². The first kappa shape index (κ1) is 9.46. The molecule has 1 atom stereocenters. The quantitative estimate of drug-likeness (QED) is 0.547. The van der Waals surface area contributed by atoms with Crippen LogP contribution in [0.15, 0.2) is 16.7 Å². The van der Waals surface area contributed by atoms with Crippen LogP contribution in [0.5, 0.6) is 0 Å². The van der Waals surface area contributed by atoms with Crippen molar-refractivity contribution in [1.29, 1.82) is 0 Å². The summed E-state index contributed by atoms with van der Waals surface area (Å²) in [7, 11) is 5.00. The second-order valence-electron chi connectivity index (χ2n) is 2.81. The Morgan fingerprint density at radius 2 is 2.33 bits per heavy atom. The van der Waals surface area contributed by atoms with E-state index in [1.165, 1.54) is 12.0 Å². The van der Waals surface area contributed by atoms with Crippen LogP contribution in [0.4, 0.5) is 0 Å². The largest absolute Gasteiger partial charge is 0.467 e. The lowest BCUT2D eigenvalue weighted by atomic mass is 9.81. The minimum absolute atomic E-state index is 0.152. The summed E-state index contributed by atoms with van der Waals surface area (Å²) >= 11 is 0. The van der Waals surface area contributed by atoms with Crippen molar-refractivity contribution in [3.63, 3.8) is 0 Å². The van der Waals surface area contributed by atoms with Crippen LogP contribution in [0.2, 0.25) is 0 Å². The summed E-state index contributed by atoms with van der Waals surface area (Å²) in [5.41, 5.74) is 7.10. The molecule has 0 fully saturated rings. The van der Waals surface area contributed by atoms with E-state index in [0.717, 1.165) is 18.6 Å². The minimum Gasteiger partial charge on any atom is -0.467 e. The Kier molecular flexibility index (Phi) is 3.47. The summed E-state index contributed by atoms with van der Waals surface area (Å²) in [6, 6.07) is 2.17. The zero-order valence-corrected chi connectivity index (χ0v) is 6.42. The maximum absolute atomic E-state index is 5.80. The predicted molar refractivity (Wildman–Crippen MR) is 54.3 cm³/mol. The lowest BCUT2D eigenvalue weighted by Gasteiger charge is -2.15. The Labute approximate surface area is 75.3 Å². The highest BCUT2D eigenvalue weighted by molar-refractivity contribution is 6.75. The normalized spacial score (nSPS) is 20.7. The van der Waals surface area contributed by atoms with Crippen LogP contribution in [-0.2, 0) is 6.42 Å². The third-order valence-electron chi connectivity index (χ3n) is 2.08. The second kappa shape index (κ2) is 4.41. The van der Waals surface area contributed by atoms with Crippen LogP contribution >= 0.6 is 0 Å². The van der Waals surface area contributed by atoms with Gasteiger partial charge in [0.05, 0.1) is 12.3 Å². The van der Waals surface area contributed by atoms with Crippen molar-refractivity contribution >= 4 is 15.5 Å². The van der Waals surface area contributed by atoms with E-state index in [0.29, 0.717) is 0 Å². The van der Waals surface area contributed by atoms with Crippen molar-refractivity contribution < 1.29 is 4.42 Å². The van der Waals surface area contributed by atoms with E-state index < -0.39 is 0 Å². The molecule has 1 aliphatic carbocycles. The van der Waals surface area contributed by atoms with Crippen LogP contribution in [-0.4, -0.2) is 15.5 Å². The Morgan fingerprint density at radius 1 is 1.58 bits per heavy atom. The van der Waals surface area contributed by atoms with Gasteiger partial charge in [-0.15, -0.1) is 0 Å². The lowest BCUT2D eigenvalue weighted by molar-refractivity contribution is 0.423. The molecule has 2 N–H and O–H groups in total. The van der Waals surface area contributed by atoms with E-state index in [-0.39, 0.29) is 13.8 Å². The van der Waals surface area contributed by atoms with Crippen molar-refractivity contribution in [3.05, 3.63) is 23.7 Å². The molecule has 1 heterocycles. The fourth-order valence-corrected chi connectivity index (χ4v) is 1.52. The highest BCUT2D eigenvalue weighted by Gasteiger charge is 2.18. The van der Waals surface area contributed by atoms with Gasteiger partial charge in [0.15, 0.2) is 0 Å². The molecular formula is C8H14B2NO-. The van der Waals surface area contributed by atoms with Crippen molar-refractivity contribution in [3.8, 4) is 0 Å². The molecule has 0 aromatic carbocycles. The summed E-state index contributed by atoms with van der Waals surface area (Å²) in [6.07, 6.45) is 5.14. The van der Waals surface area contributed by atoms with Gasteiger partial charge in [0.25, 0.3) is 0 Å². The fourth-order valence-electron chi connectivity index (χ4n) is 1.52. The molecule has 0 bridgehead atoms. The molecule has 0 saturated carbocycles. The number of furan rings is 1. The third-order valence-corrected chi connectivity index (χ3v) is 2.08. The monoisotopic (exact) mass is 162 g/mol. The summed E-state index contributed by atoms with van der Waals surface area (Å²) in [6.45, 7) is 0. The maximum atomic E-state index is 5.80. The first-order chi connectivity index (χ1) is 5.88. The zero-order valence-electron chi connectivity index (χ0n) is 6.42. The van der Waals surface area contributed by atoms with Gasteiger partial charge in [0.1, 0.15) is 5.76 Å². The second-order valence-corrected chi connectivity index (χ2v) is 2.81. The molecule has 2 radical (unpaired) electrons. The summed E-state index contributed by atoms with van der Waals surface area (Å²) < 4.78 is 5.24. The Balaban J connectivity index is 0.000000336. The van der Waals surface area contributed by atoms with Gasteiger partial charge in [-0.25, -0.2) is 0 Å². The molecule has 1 aromatic rings. The van der Waals surface area contributed by atoms with Gasteiger partial charge < -0.3 is 10.2 Å². The van der Waals surface area contributed by atoms with Crippen molar-refractivity contribution in [2.75, 3.05) is 0 Å². The van der Waals surface area contributed by atoms with E-state index in [4.69, 9.17) is 17.9 Å². The van der Waals surface area contributed by atoms with Crippen LogP contribution in [0, 0.1) is 0 Å². The Hall–Kier alpha value is -0.630. The van der Waals surface area contributed by atoms with Gasteiger partial charge in [0.2, 0.25) is 0 Å². The molecular weight excluding hydrogens is 148 g/mol. The first-order valence-electron chi connectivity index (χ1n) is 3.70. The van der Waals surface area contributed by atoms with Crippen LogP contribution < -0.4 is 5.73 Å². The molecule has 64 valence electrons. The highest BCUT2D eigenvalue weighted by Crippen LogP contribution is 2.27. The van der Waals surface area contributed by atoms with Gasteiger partial charge in [-0.2, -0.15) is 7.74 Å². The molecule has 0 amide bonds. The van der Waals surface area contributed by atoms with Gasteiger partial charge in [-0.05, 0) is 30.9 Å². The maximum Gasteiger partial charge on any atom is 0.123 e. The van der Waals surface area contributed by atoms with Gasteiger partial charge in [-0.3, -0.25) is 0 Å². The summed E-state index contributed by atoms with van der Waals surface area (Å²) in [5, 5.41) is 0. The molecule has 4 heteroatoms. The number of hydrogen-bond acceptors (Lipinski definition) is 2. The summed E-state index contributed by atoms with van der Waals surface area (Å²) in [5.74, 6) is 1.01. The molecule has 1 unspecified atom stereocenters. The highest BCUT2D eigenvalue weighted by atomic mass is 16.3. The zero-order chi connectivity index (χ0) is 8.97. The molecule has 0 spiro atoms. The molecule has 0 aliphatic heterocycles. The SMILES string of the molecule is NC1CCCc2ccoc21.[B][BH3-]. The molecule has 2 rings (SSSR count). The van der Waals surface area contributed by atoms with Gasteiger partial charge >= 0.3 is 0 Å². The molecule has 1 aromatic heterocycles. The molecule has 1 aliphatic rings. The number of rotatable bonds is 0.